The Balaban J connectivity index is 2.23. The molecular formula is C18H24N4O. The van der Waals surface area contributed by atoms with E-state index in [-0.39, 0.29) is 11.4 Å². The van der Waals surface area contributed by atoms with Gasteiger partial charge in [-0.3, -0.25) is 4.79 Å². The summed E-state index contributed by atoms with van der Waals surface area (Å²) in [7, 11) is 0. The number of hydrogen-bond acceptors (Lipinski definition) is 4. The van der Waals surface area contributed by atoms with Crippen molar-refractivity contribution in [2.75, 3.05) is 5.32 Å². The summed E-state index contributed by atoms with van der Waals surface area (Å²) in [6, 6.07) is 9.75. The predicted octanol–water partition coefficient (Wildman–Crippen LogP) is 3.87. The van der Waals surface area contributed by atoms with Gasteiger partial charge in [0.25, 0.3) is 5.91 Å². The smallest absolute Gasteiger partial charge is 0.270 e. The van der Waals surface area contributed by atoms with E-state index in [0.717, 1.165) is 5.69 Å². The lowest BCUT2D eigenvalue weighted by Gasteiger charge is -2.20. The summed E-state index contributed by atoms with van der Waals surface area (Å²) in [6.07, 6.45) is 1.40. The molecule has 2 rings (SSSR count). The molecule has 0 unspecified atom stereocenters. The minimum Gasteiger partial charge on any atom is -0.346 e. The standard InChI is InChI=1S/C18H24N4O/c1-12(2)13-8-6-7-9-14(13)21-16-10-15(19-11-20-16)17(23)22-18(3,4)5/h6-12H,1-5H3,(H,22,23)(H,19,20,21). The van der Waals surface area contributed by atoms with E-state index in [9.17, 15) is 4.79 Å². The van der Waals surface area contributed by atoms with E-state index in [1.807, 2.05) is 39.0 Å². The Bertz CT molecular complexity index is 689. The Labute approximate surface area is 137 Å². The Kier molecular flexibility index (Phi) is 4.98. The number of nitrogens with zero attached hydrogens (tertiary/aromatic N) is 2. The molecule has 2 aromatic rings. The molecule has 1 amide bonds. The Hall–Kier alpha value is -2.43. The summed E-state index contributed by atoms with van der Waals surface area (Å²) in [4.78, 5) is 20.5. The minimum absolute atomic E-state index is 0.208. The number of rotatable bonds is 4. The maximum atomic E-state index is 12.2. The van der Waals surface area contributed by atoms with Gasteiger partial charge in [-0.05, 0) is 38.3 Å². The molecule has 23 heavy (non-hydrogen) atoms. The zero-order chi connectivity index (χ0) is 17.0. The van der Waals surface area contributed by atoms with Crippen molar-refractivity contribution in [2.45, 2.75) is 46.1 Å². The first-order chi connectivity index (χ1) is 10.8. The first kappa shape index (κ1) is 16.9. The van der Waals surface area contributed by atoms with Gasteiger partial charge in [0.1, 0.15) is 17.8 Å². The van der Waals surface area contributed by atoms with E-state index in [2.05, 4.69) is 40.5 Å². The molecule has 0 fully saturated rings. The van der Waals surface area contributed by atoms with Crippen LogP contribution in [0.15, 0.2) is 36.7 Å². The number of hydrogen-bond donors (Lipinski definition) is 2. The average Bonchev–Trinajstić information content (AvgIpc) is 2.46. The first-order valence-electron chi connectivity index (χ1n) is 7.77. The third-order valence-corrected chi connectivity index (χ3v) is 3.23. The number of carbonyl (C=O) groups excluding carboxylic acids is 1. The summed E-state index contributed by atoms with van der Waals surface area (Å²) in [6.45, 7) is 10.1. The average molecular weight is 312 g/mol. The van der Waals surface area contributed by atoms with Crippen molar-refractivity contribution in [3.63, 3.8) is 0 Å². The van der Waals surface area contributed by atoms with E-state index in [1.54, 1.807) is 6.07 Å². The zero-order valence-electron chi connectivity index (χ0n) is 14.3. The topological polar surface area (TPSA) is 66.9 Å². The van der Waals surface area contributed by atoms with Crippen LogP contribution < -0.4 is 10.6 Å². The highest BCUT2D eigenvalue weighted by Gasteiger charge is 2.17. The van der Waals surface area contributed by atoms with Gasteiger partial charge in [-0.15, -0.1) is 0 Å². The molecule has 0 aliphatic rings. The van der Waals surface area contributed by atoms with Gasteiger partial charge < -0.3 is 10.6 Å². The van der Waals surface area contributed by atoms with Crippen LogP contribution in [0.25, 0.3) is 0 Å². The van der Waals surface area contributed by atoms with Crippen molar-refractivity contribution in [2.24, 2.45) is 0 Å². The van der Waals surface area contributed by atoms with Crippen LogP contribution in [0.1, 0.15) is 56.6 Å². The Morgan fingerprint density at radius 1 is 1.13 bits per heavy atom. The molecule has 0 spiro atoms. The van der Waals surface area contributed by atoms with E-state index < -0.39 is 0 Å². The van der Waals surface area contributed by atoms with Crippen molar-refractivity contribution in [3.05, 3.63) is 47.9 Å². The van der Waals surface area contributed by atoms with Crippen LogP contribution in [0.4, 0.5) is 11.5 Å². The highest BCUT2D eigenvalue weighted by Crippen LogP contribution is 2.26. The maximum absolute atomic E-state index is 12.2. The summed E-state index contributed by atoms with van der Waals surface area (Å²) < 4.78 is 0. The number of nitrogens with one attached hydrogen (secondary N) is 2. The third kappa shape index (κ3) is 4.77. The lowest BCUT2D eigenvalue weighted by atomic mass is 10.0. The number of carbonyl (C=O) groups is 1. The molecule has 1 aromatic heterocycles. The normalized spacial score (nSPS) is 11.4. The fourth-order valence-electron chi connectivity index (χ4n) is 2.21. The van der Waals surface area contributed by atoms with Gasteiger partial charge in [-0.25, -0.2) is 9.97 Å². The third-order valence-electron chi connectivity index (χ3n) is 3.23. The Morgan fingerprint density at radius 2 is 1.83 bits per heavy atom. The molecule has 0 radical (unpaired) electrons. The van der Waals surface area contributed by atoms with E-state index in [1.165, 1.54) is 11.9 Å². The van der Waals surface area contributed by atoms with E-state index in [0.29, 0.717) is 17.4 Å². The summed E-state index contributed by atoms with van der Waals surface area (Å²) >= 11 is 0. The van der Waals surface area contributed by atoms with Gasteiger partial charge in [0.05, 0.1) is 0 Å². The van der Waals surface area contributed by atoms with Crippen molar-refractivity contribution in [3.8, 4) is 0 Å². The monoisotopic (exact) mass is 312 g/mol. The highest BCUT2D eigenvalue weighted by molar-refractivity contribution is 5.93. The molecule has 2 N–H and O–H groups in total. The largest absolute Gasteiger partial charge is 0.346 e. The summed E-state index contributed by atoms with van der Waals surface area (Å²) in [5.74, 6) is 0.788. The zero-order valence-corrected chi connectivity index (χ0v) is 14.3. The van der Waals surface area contributed by atoms with Gasteiger partial charge in [0, 0.05) is 17.3 Å². The second-order valence-electron chi connectivity index (χ2n) is 6.86. The molecule has 5 heteroatoms. The maximum Gasteiger partial charge on any atom is 0.270 e. The molecule has 122 valence electrons. The molecule has 0 aliphatic carbocycles. The molecule has 0 aliphatic heterocycles. The fourth-order valence-corrected chi connectivity index (χ4v) is 2.21. The lowest BCUT2D eigenvalue weighted by molar-refractivity contribution is 0.0914. The Morgan fingerprint density at radius 3 is 2.48 bits per heavy atom. The van der Waals surface area contributed by atoms with Gasteiger partial charge >= 0.3 is 0 Å². The van der Waals surface area contributed by atoms with Gasteiger partial charge in [-0.1, -0.05) is 32.0 Å². The van der Waals surface area contributed by atoms with Crippen molar-refractivity contribution >= 4 is 17.4 Å². The van der Waals surface area contributed by atoms with Crippen molar-refractivity contribution in [1.29, 1.82) is 0 Å². The van der Waals surface area contributed by atoms with Crippen LogP contribution in [0.5, 0.6) is 0 Å². The van der Waals surface area contributed by atoms with Gasteiger partial charge in [-0.2, -0.15) is 0 Å². The van der Waals surface area contributed by atoms with Crippen molar-refractivity contribution in [1.82, 2.24) is 15.3 Å². The van der Waals surface area contributed by atoms with E-state index >= 15 is 0 Å². The quantitative estimate of drug-likeness (QED) is 0.899. The predicted molar refractivity (Wildman–Crippen MR) is 93.1 cm³/mol. The molecule has 1 heterocycles. The minimum atomic E-state index is -0.306. The van der Waals surface area contributed by atoms with Crippen LogP contribution in [0.2, 0.25) is 0 Å². The van der Waals surface area contributed by atoms with Gasteiger partial charge in [0.15, 0.2) is 0 Å². The van der Waals surface area contributed by atoms with E-state index in [4.69, 9.17) is 0 Å². The van der Waals surface area contributed by atoms with Gasteiger partial charge in [0.2, 0.25) is 0 Å². The molecule has 5 nitrogen and oxygen atoms in total. The second-order valence-corrected chi connectivity index (χ2v) is 6.86. The number of benzene rings is 1. The molecule has 0 saturated carbocycles. The molecule has 0 atom stereocenters. The molecule has 1 aromatic carbocycles. The number of para-hydroxylation sites is 1. The summed E-state index contributed by atoms with van der Waals surface area (Å²) in [5, 5.41) is 6.18. The SMILES string of the molecule is CC(C)c1ccccc1Nc1cc(C(=O)NC(C)(C)C)ncn1. The van der Waals surface area contributed by atoms with Crippen LogP contribution in [0, 0.1) is 0 Å². The summed E-state index contributed by atoms with van der Waals surface area (Å²) in [5.41, 5.74) is 2.23. The lowest BCUT2D eigenvalue weighted by Crippen LogP contribution is -2.40. The number of aromatic nitrogens is 2. The number of anilines is 2. The van der Waals surface area contributed by atoms with Crippen LogP contribution in [-0.4, -0.2) is 21.4 Å². The molecule has 0 saturated heterocycles. The second kappa shape index (κ2) is 6.77. The fraction of sp³-hybridized carbons (Fsp3) is 0.389. The molecular weight excluding hydrogens is 288 g/mol. The first-order valence-corrected chi connectivity index (χ1v) is 7.77. The van der Waals surface area contributed by atoms with Crippen molar-refractivity contribution < 1.29 is 4.79 Å². The van der Waals surface area contributed by atoms with Crippen LogP contribution in [0.3, 0.4) is 0 Å². The number of amides is 1. The molecule has 0 bridgehead atoms. The highest BCUT2D eigenvalue weighted by atomic mass is 16.2. The van der Waals surface area contributed by atoms with Crippen LogP contribution >= 0.6 is 0 Å². The van der Waals surface area contributed by atoms with Crippen LogP contribution in [-0.2, 0) is 0 Å².